The van der Waals surface area contributed by atoms with Crippen LogP contribution in [0.4, 0.5) is 0 Å². The molecule has 0 amide bonds. The molecule has 1 saturated carbocycles. The molecule has 2 N–H and O–H groups in total. The Balaban J connectivity index is 1.99. The first-order chi connectivity index (χ1) is 6.25. The van der Waals surface area contributed by atoms with Gasteiger partial charge in [-0.15, -0.1) is 0 Å². The van der Waals surface area contributed by atoms with Crippen molar-refractivity contribution >= 4 is 7.12 Å². The highest BCUT2D eigenvalue weighted by Crippen LogP contribution is 2.32. The van der Waals surface area contributed by atoms with Crippen LogP contribution in [0.5, 0.6) is 0 Å². The molecule has 2 aliphatic rings. The second-order valence-electron chi connectivity index (χ2n) is 3.69. The molecular formula is C10H13BO2. The minimum Gasteiger partial charge on any atom is -0.423 e. The first kappa shape index (κ1) is 8.79. The summed E-state index contributed by atoms with van der Waals surface area (Å²) in [7, 11) is -1.32. The highest BCUT2D eigenvalue weighted by Gasteiger charge is 2.19. The van der Waals surface area contributed by atoms with Crippen LogP contribution in [0.15, 0.2) is 35.3 Å². The molecule has 0 unspecified atom stereocenters. The fraction of sp³-hybridized carbons (Fsp3) is 0.400. The van der Waals surface area contributed by atoms with Crippen LogP contribution in [0.2, 0.25) is 0 Å². The van der Waals surface area contributed by atoms with Crippen LogP contribution in [0.1, 0.15) is 19.3 Å². The maximum atomic E-state index is 8.87. The van der Waals surface area contributed by atoms with E-state index in [-0.39, 0.29) is 0 Å². The summed E-state index contributed by atoms with van der Waals surface area (Å²) in [5.74, 6) is 0.786. The zero-order valence-corrected chi connectivity index (χ0v) is 7.48. The van der Waals surface area contributed by atoms with E-state index in [1.807, 2.05) is 12.2 Å². The predicted octanol–water partition coefficient (Wildman–Crippen LogP) is 1.22. The summed E-state index contributed by atoms with van der Waals surface area (Å²) >= 11 is 0. The van der Waals surface area contributed by atoms with Gasteiger partial charge in [0, 0.05) is 0 Å². The zero-order valence-electron chi connectivity index (χ0n) is 7.48. The Morgan fingerprint density at radius 3 is 2.54 bits per heavy atom. The van der Waals surface area contributed by atoms with E-state index in [0.29, 0.717) is 5.47 Å². The molecule has 0 atom stereocenters. The summed E-state index contributed by atoms with van der Waals surface area (Å²) in [6.45, 7) is 0. The van der Waals surface area contributed by atoms with Crippen molar-refractivity contribution in [3.63, 3.8) is 0 Å². The molecule has 0 bridgehead atoms. The van der Waals surface area contributed by atoms with Crippen molar-refractivity contribution in [2.45, 2.75) is 19.3 Å². The Hall–Kier alpha value is -0.795. The van der Waals surface area contributed by atoms with Gasteiger partial charge in [-0.2, -0.15) is 0 Å². The number of hydrogen-bond donors (Lipinski definition) is 2. The minimum atomic E-state index is -1.32. The van der Waals surface area contributed by atoms with Gasteiger partial charge < -0.3 is 10.0 Å². The van der Waals surface area contributed by atoms with E-state index in [1.54, 1.807) is 6.08 Å². The Bertz CT molecular complexity index is 285. The molecule has 2 aliphatic carbocycles. The summed E-state index contributed by atoms with van der Waals surface area (Å²) in [5, 5.41) is 17.7. The van der Waals surface area contributed by atoms with E-state index in [9.17, 15) is 0 Å². The second kappa shape index (κ2) is 3.52. The Kier molecular flexibility index (Phi) is 2.38. The van der Waals surface area contributed by atoms with E-state index < -0.39 is 7.12 Å². The van der Waals surface area contributed by atoms with Crippen LogP contribution in [0.3, 0.4) is 0 Å². The van der Waals surface area contributed by atoms with Crippen molar-refractivity contribution in [1.29, 1.82) is 0 Å². The van der Waals surface area contributed by atoms with Crippen molar-refractivity contribution in [1.82, 2.24) is 0 Å². The lowest BCUT2D eigenvalue weighted by Crippen LogP contribution is -2.14. The van der Waals surface area contributed by atoms with Gasteiger partial charge in [0.25, 0.3) is 0 Å². The van der Waals surface area contributed by atoms with Gasteiger partial charge in [-0.25, -0.2) is 0 Å². The van der Waals surface area contributed by atoms with Gasteiger partial charge in [0.2, 0.25) is 0 Å². The molecule has 3 heteroatoms. The SMILES string of the molecule is OB(O)C1=CCC(=CC2CC2)C=C1. The smallest absolute Gasteiger partial charge is 0.423 e. The van der Waals surface area contributed by atoms with Crippen LogP contribution < -0.4 is 0 Å². The van der Waals surface area contributed by atoms with E-state index in [2.05, 4.69) is 6.08 Å². The molecular weight excluding hydrogens is 163 g/mol. The Labute approximate surface area is 78.4 Å². The van der Waals surface area contributed by atoms with Gasteiger partial charge in [0.1, 0.15) is 0 Å². The van der Waals surface area contributed by atoms with Crippen molar-refractivity contribution in [2.24, 2.45) is 5.92 Å². The third-order valence-corrected chi connectivity index (χ3v) is 2.43. The lowest BCUT2D eigenvalue weighted by molar-refractivity contribution is 0.420. The zero-order chi connectivity index (χ0) is 9.26. The van der Waals surface area contributed by atoms with Crippen LogP contribution in [0, 0.1) is 5.92 Å². The maximum absolute atomic E-state index is 8.87. The first-order valence-electron chi connectivity index (χ1n) is 4.70. The van der Waals surface area contributed by atoms with Crippen molar-refractivity contribution < 1.29 is 10.0 Å². The number of hydrogen-bond acceptors (Lipinski definition) is 2. The summed E-state index contributed by atoms with van der Waals surface area (Å²) < 4.78 is 0. The summed E-state index contributed by atoms with van der Waals surface area (Å²) in [4.78, 5) is 0. The van der Waals surface area contributed by atoms with Crippen molar-refractivity contribution in [2.75, 3.05) is 0 Å². The third kappa shape index (κ3) is 2.33. The molecule has 13 heavy (non-hydrogen) atoms. The van der Waals surface area contributed by atoms with E-state index in [4.69, 9.17) is 10.0 Å². The van der Waals surface area contributed by atoms with Crippen LogP contribution in [-0.2, 0) is 0 Å². The molecule has 1 fully saturated rings. The summed E-state index contributed by atoms with van der Waals surface area (Å²) in [6, 6.07) is 0. The maximum Gasteiger partial charge on any atom is 0.488 e. The predicted molar refractivity (Wildman–Crippen MR) is 52.8 cm³/mol. The highest BCUT2D eigenvalue weighted by atomic mass is 16.4. The molecule has 2 rings (SSSR count). The molecule has 0 heterocycles. The van der Waals surface area contributed by atoms with Gasteiger partial charge in [-0.05, 0) is 36.2 Å². The molecule has 0 spiro atoms. The molecule has 0 aliphatic heterocycles. The number of allylic oxidation sites excluding steroid dienone is 6. The summed E-state index contributed by atoms with van der Waals surface area (Å²) in [5.41, 5.74) is 1.90. The molecule has 2 nitrogen and oxygen atoms in total. The highest BCUT2D eigenvalue weighted by molar-refractivity contribution is 6.51. The number of rotatable bonds is 2. The lowest BCUT2D eigenvalue weighted by atomic mass is 9.76. The molecule has 0 saturated heterocycles. The fourth-order valence-electron chi connectivity index (χ4n) is 1.46. The molecule has 0 aromatic carbocycles. The normalized spacial score (nSPS) is 24.8. The minimum absolute atomic E-state index is 0.605. The van der Waals surface area contributed by atoms with Crippen LogP contribution in [-0.4, -0.2) is 17.2 Å². The first-order valence-corrected chi connectivity index (χ1v) is 4.70. The largest absolute Gasteiger partial charge is 0.488 e. The summed E-state index contributed by atoms with van der Waals surface area (Å²) in [6.07, 6.45) is 11.4. The second-order valence-corrected chi connectivity index (χ2v) is 3.69. The lowest BCUT2D eigenvalue weighted by Gasteiger charge is -2.07. The fourth-order valence-corrected chi connectivity index (χ4v) is 1.46. The molecule has 0 aromatic heterocycles. The average molecular weight is 176 g/mol. The van der Waals surface area contributed by atoms with Crippen LogP contribution in [0.25, 0.3) is 0 Å². The quantitative estimate of drug-likeness (QED) is 0.621. The Morgan fingerprint density at radius 1 is 1.31 bits per heavy atom. The van der Waals surface area contributed by atoms with Gasteiger partial charge >= 0.3 is 7.12 Å². The Morgan fingerprint density at radius 2 is 2.08 bits per heavy atom. The van der Waals surface area contributed by atoms with E-state index >= 15 is 0 Å². The van der Waals surface area contributed by atoms with Crippen molar-refractivity contribution in [3.8, 4) is 0 Å². The van der Waals surface area contributed by atoms with Crippen molar-refractivity contribution in [3.05, 3.63) is 35.3 Å². The third-order valence-electron chi connectivity index (χ3n) is 2.43. The molecule has 68 valence electrons. The van der Waals surface area contributed by atoms with Gasteiger partial charge in [-0.3, -0.25) is 0 Å². The van der Waals surface area contributed by atoms with E-state index in [0.717, 1.165) is 12.3 Å². The van der Waals surface area contributed by atoms with Gasteiger partial charge in [0.05, 0.1) is 0 Å². The standard InChI is InChI=1S/C10H13BO2/c12-11(13)10-5-3-9(4-6-10)7-8-1-2-8/h3,5-8,12-13H,1-2,4H2. The van der Waals surface area contributed by atoms with E-state index in [1.165, 1.54) is 18.4 Å². The molecule has 0 radical (unpaired) electrons. The topological polar surface area (TPSA) is 40.5 Å². The monoisotopic (exact) mass is 176 g/mol. The van der Waals surface area contributed by atoms with Crippen LogP contribution >= 0.6 is 0 Å². The van der Waals surface area contributed by atoms with Gasteiger partial charge in [0.15, 0.2) is 0 Å². The van der Waals surface area contributed by atoms with Gasteiger partial charge in [-0.1, -0.05) is 24.3 Å². The molecule has 0 aromatic rings. The average Bonchev–Trinajstić information content (AvgIpc) is 2.89.